The summed E-state index contributed by atoms with van der Waals surface area (Å²) in [5.41, 5.74) is 1.74. The molecule has 0 unspecified atom stereocenters. The maximum absolute atomic E-state index is 13.3. The van der Waals surface area contributed by atoms with Crippen molar-refractivity contribution in [2.24, 2.45) is 0 Å². The van der Waals surface area contributed by atoms with Crippen molar-refractivity contribution in [3.05, 3.63) is 34.9 Å². The van der Waals surface area contributed by atoms with Crippen LogP contribution in [0, 0.1) is 6.92 Å². The Balaban J connectivity index is 3.37. The molecular weight excluding hydrogens is 194 g/mol. The van der Waals surface area contributed by atoms with Crippen LogP contribution in [0.4, 0.5) is 8.78 Å². The van der Waals surface area contributed by atoms with Crippen molar-refractivity contribution in [3.8, 4) is 0 Å². The lowest BCUT2D eigenvalue weighted by molar-refractivity contribution is 0.0167. The monoisotopic (exact) mass is 212 g/mol. The Morgan fingerprint density at radius 1 is 0.933 bits per heavy atom. The highest BCUT2D eigenvalue weighted by atomic mass is 19.3. The van der Waals surface area contributed by atoms with Crippen LogP contribution in [0.3, 0.4) is 0 Å². The zero-order chi connectivity index (χ0) is 11.9. The fraction of sp³-hybridized carbons (Fsp3) is 0.538. The summed E-state index contributed by atoms with van der Waals surface area (Å²) in [5, 5.41) is 0. The highest BCUT2D eigenvalue weighted by molar-refractivity contribution is 5.40. The molecule has 0 radical (unpaired) electrons. The summed E-state index contributed by atoms with van der Waals surface area (Å²) in [7, 11) is 0. The summed E-state index contributed by atoms with van der Waals surface area (Å²) in [6.07, 6.45) is 0. The third kappa shape index (κ3) is 2.55. The maximum atomic E-state index is 13.3. The molecule has 1 aromatic carbocycles. The third-order valence-electron chi connectivity index (χ3n) is 2.61. The van der Waals surface area contributed by atoms with Crippen molar-refractivity contribution in [3.63, 3.8) is 0 Å². The highest BCUT2D eigenvalue weighted by Crippen LogP contribution is 2.34. The van der Waals surface area contributed by atoms with Gasteiger partial charge in [-0.2, -0.15) is 0 Å². The molecule has 0 saturated heterocycles. The molecule has 0 heterocycles. The second-order valence-corrected chi connectivity index (χ2v) is 5.12. The lowest BCUT2D eigenvalue weighted by Crippen LogP contribution is -2.17. The summed E-state index contributed by atoms with van der Waals surface area (Å²) < 4.78 is 26.6. The molecule has 15 heavy (non-hydrogen) atoms. The zero-order valence-electron chi connectivity index (χ0n) is 9.99. The van der Waals surface area contributed by atoms with E-state index in [0.717, 1.165) is 12.5 Å². The Labute approximate surface area is 90.3 Å². The van der Waals surface area contributed by atoms with E-state index in [-0.39, 0.29) is 11.0 Å². The molecule has 0 atom stereocenters. The van der Waals surface area contributed by atoms with Gasteiger partial charge in [0.05, 0.1) is 0 Å². The molecule has 0 saturated carbocycles. The van der Waals surface area contributed by atoms with Gasteiger partial charge in [0, 0.05) is 12.5 Å². The number of alkyl halides is 2. The standard InChI is InChI=1S/C13H18F2/c1-9-10(12(2,3)4)7-6-8-11(9)13(5,14)15/h6-8H,1-5H3. The molecule has 0 N–H and O–H groups in total. The first-order chi connectivity index (χ1) is 6.64. The maximum Gasteiger partial charge on any atom is 0.270 e. The molecule has 0 nitrogen and oxygen atoms in total. The molecule has 1 aromatic rings. The number of hydrogen-bond acceptors (Lipinski definition) is 0. The number of halogens is 2. The van der Waals surface area contributed by atoms with Crippen LogP contribution in [0.5, 0.6) is 0 Å². The van der Waals surface area contributed by atoms with Crippen LogP contribution in [-0.4, -0.2) is 0 Å². The summed E-state index contributed by atoms with van der Waals surface area (Å²) in [4.78, 5) is 0. The average Bonchev–Trinajstić information content (AvgIpc) is 1.99. The van der Waals surface area contributed by atoms with Crippen LogP contribution >= 0.6 is 0 Å². The van der Waals surface area contributed by atoms with Gasteiger partial charge in [-0.3, -0.25) is 0 Å². The van der Waals surface area contributed by atoms with E-state index in [1.54, 1.807) is 13.0 Å². The van der Waals surface area contributed by atoms with Gasteiger partial charge in [-0.05, 0) is 23.5 Å². The van der Waals surface area contributed by atoms with Crippen LogP contribution in [0.25, 0.3) is 0 Å². The van der Waals surface area contributed by atoms with Crippen LogP contribution in [0.1, 0.15) is 44.4 Å². The van der Waals surface area contributed by atoms with Gasteiger partial charge in [-0.25, -0.2) is 8.78 Å². The minimum Gasteiger partial charge on any atom is -0.202 e. The summed E-state index contributed by atoms with van der Waals surface area (Å²) in [6, 6.07) is 5.13. The van der Waals surface area contributed by atoms with E-state index in [1.807, 2.05) is 26.8 Å². The Kier molecular flexibility index (Phi) is 2.90. The van der Waals surface area contributed by atoms with Gasteiger partial charge in [-0.15, -0.1) is 0 Å². The molecule has 1 rings (SSSR count). The number of rotatable bonds is 1. The molecule has 0 fully saturated rings. The van der Waals surface area contributed by atoms with Crippen molar-refractivity contribution in [2.45, 2.75) is 46.0 Å². The predicted octanol–water partition coefficient (Wildman–Crippen LogP) is 4.40. The molecule has 0 amide bonds. The first kappa shape index (κ1) is 12.2. The van der Waals surface area contributed by atoms with E-state index in [2.05, 4.69) is 0 Å². The lowest BCUT2D eigenvalue weighted by Gasteiger charge is -2.25. The van der Waals surface area contributed by atoms with E-state index in [1.165, 1.54) is 6.07 Å². The van der Waals surface area contributed by atoms with Crippen LogP contribution in [0.15, 0.2) is 18.2 Å². The molecule has 0 aromatic heterocycles. The quantitative estimate of drug-likeness (QED) is 0.647. The van der Waals surface area contributed by atoms with E-state index in [0.29, 0.717) is 5.56 Å². The van der Waals surface area contributed by atoms with E-state index in [4.69, 9.17) is 0 Å². The summed E-state index contributed by atoms with van der Waals surface area (Å²) in [5.74, 6) is -2.76. The fourth-order valence-corrected chi connectivity index (χ4v) is 1.92. The highest BCUT2D eigenvalue weighted by Gasteiger charge is 2.29. The van der Waals surface area contributed by atoms with Crippen molar-refractivity contribution in [1.29, 1.82) is 0 Å². The van der Waals surface area contributed by atoms with Gasteiger partial charge in [-0.1, -0.05) is 39.0 Å². The van der Waals surface area contributed by atoms with Gasteiger partial charge < -0.3 is 0 Å². The van der Waals surface area contributed by atoms with E-state index >= 15 is 0 Å². The van der Waals surface area contributed by atoms with Crippen molar-refractivity contribution in [1.82, 2.24) is 0 Å². The minimum atomic E-state index is -2.76. The zero-order valence-corrected chi connectivity index (χ0v) is 9.99. The van der Waals surface area contributed by atoms with Crippen molar-refractivity contribution in [2.75, 3.05) is 0 Å². The Morgan fingerprint density at radius 2 is 1.40 bits per heavy atom. The van der Waals surface area contributed by atoms with Gasteiger partial charge in [0.2, 0.25) is 0 Å². The van der Waals surface area contributed by atoms with Crippen molar-refractivity contribution >= 4 is 0 Å². The first-order valence-corrected chi connectivity index (χ1v) is 5.12. The lowest BCUT2D eigenvalue weighted by atomic mass is 9.82. The van der Waals surface area contributed by atoms with Gasteiger partial charge in [0.15, 0.2) is 0 Å². The van der Waals surface area contributed by atoms with Crippen molar-refractivity contribution < 1.29 is 8.78 Å². The molecule has 0 bridgehead atoms. The second-order valence-electron chi connectivity index (χ2n) is 5.12. The Hall–Kier alpha value is -0.920. The van der Waals surface area contributed by atoms with Crippen LogP contribution in [-0.2, 0) is 11.3 Å². The smallest absolute Gasteiger partial charge is 0.202 e. The molecule has 84 valence electrons. The SMILES string of the molecule is Cc1c(C(C)(C)C)cccc1C(C)(F)F. The summed E-state index contributed by atoms with van der Waals surface area (Å²) >= 11 is 0. The normalized spacial score (nSPS) is 13.0. The Morgan fingerprint density at radius 3 is 1.80 bits per heavy atom. The van der Waals surface area contributed by atoms with Gasteiger partial charge in [0.25, 0.3) is 5.92 Å². The van der Waals surface area contributed by atoms with E-state index < -0.39 is 5.92 Å². The minimum absolute atomic E-state index is 0.0919. The molecule has 0 aliphatic heterocycles. The van der Waals surface area contributed by atoms with Crippen LogP contribution in [0.2, 0.25) is 0 Å². The molecular formula is C13H18F2. The van der Waals surface area contributed by atoms with Gasteiger partial charge >= 0.3 is 0 Å². The Bertz CT molecular complexity index is 322. The molecule has 0 aliphatic carbocycles. The average molecular weight is 212 g/mol. The molecule has 0 aliphatic rings. The predicted molar refractivity (Wildman–Crippen MR) is 59.4 cm³/mol. The third-order valence-corrected chi connectivity index (χ3v) is 2.61. The molecule has 0 spiro atoms. The molecule has 2 heteroatoms. The number of benzene rings is 1. The summed E-state index contributed by atoms with van der Waals surface area (Å²) in [6.45, 7) is 8.82. The number of hydrogen-bond donors (Lipinski definition) is 0. The van der Waals surface area contributed by atoms with Crippen LogP contribution < -0.4 is 0 Å². The largest absolute Gasteiger partial charge is 0.270 e. The second kappa shape index (κ2) is 3.58. The first-order valence-electron chi connectivity index (χ1n) is 5.12. The van der Waals surface area contributed by atoms with E-state index in [9.17, 15) is 8.78 Å². The topological polar surface area (TPSA) is 0 Å². The van der Waals surface area contributed by atoms with Gasteiger partial charge in [0.1, 0.15) is 0 Å². The fourth-order valence-electron chi connectivity index (χ4n) is 1.92.